The van der Waals surface area contributed by atoms with Crippen LogP contribution >= 0.6 is 0 Å². The van der Waals surface area contributed by atoms with Crippen LogP contribution in [0.15, 0.2) is 70.9 Å². The van der Waals surface area contributed by atoms with Crippen LogP contribution in [0.3, 0.4) is 0 Å². The first-order valence-corrected chi connectivity index (χ1v) is 15.0. The summed E-state index contributed by atoms with van der Waals surface area (Å²) in [5, 5.41) is 31.7. The average molecular weight is 589 g/mol. The molecule has 0 aliphatic heterocycles. The largest absolute Gasteiger partial charge is 0.506 e. The highest BCUT2D eigenvalue weighted by Gasteiger charge is 2.74. The zero-order valence-electron chi connectivity index (χ0n) is 27.2. The fourth-order valence-electron chi connectivity index (χ4n) is 6.92. The predicted molar refractivity (Wildman–Crippen MR) is 172 cm³/mol. The maximum Gasteiger partial charge on any atom is 0.184 e. The molecule has 2 fully saturated rings. The van der Waals surface area contributed by atoms with E-state index in [1.165, 1.54) is 12.1 Å². The lowest BCUT2D eigenvalue weighted by molar-refractivity contribution is -0.175. The second-order valence-corrected chi connectivity index (χ2v) is 13.9. The number of phenols is 2. The summed E-state index contributed by atoms with van der Waals surface area (Å²) in [6.45, 7) is 21.7. The van der Waals surface area contributed by atoms with E-state index in [0.29, 0.717) is 6.42 Å². The molecule has 2 bridgehead atoms. The standard InChI is InChI=1S/C37H48O6/c1-21(2)11-12-26(24(7)8)19-36-20-27(17-23(5)6)35(9,10)37(34(36)43,16-15-22(3)4)33(42)30(32(36)41)31(40)25-13-14-28(38)29(39)18-25/h11,13-15,17-18,26-27,38-40H,7,12,16,19-20H2,1-6,8-10H3/b31-30-/t26-,27+,36+,37-/m0/s1. The summed E-state index contributed by atoms with van der Waals surface area (Å²) < 4.78 is 0. The molecule has 0 heterocycles. The summed E-state index contributed by atoms with van der Waals surface area (Å²) in [6, 6.07) is 3.63. The summed E-state index contributed by atoms with van der Waals surface area (Å²) in [6.07, 6.45) is 7.06. The molecule has 6 heteroatoms. The molecule has 1 aromatic rings. The molecular weight excluding hydrogens is 540 g/mol. The number of allylic oxidation sites excluding steroid dienone is 8. The number of ketones is 3. The molecule has 0 radical (unpaired) electrons. The van der Waals surface area contributed by atoms with E-state index in [9.17, 15) is 24.9 Å². The lowest BCUT2D eigenvalue weighted by atomic mass is 9.38. The van der Waals surface area contributed by atoms with Crippen LogP contribution in [0.25, 0.3) is 5.76 Å². The Morgan fingerprint density at radius 1 is 0.930 bits per heavy atom. The van der Waals surface area contributed by atoms with Crippen LogP contribution in [0.1, 0.15) is 93.6 Å². The Balaban J connectivity index is 2.49. The van der Waals surface area contributed by atoms with Crippen molar-refractivity contribution in [2.24, 2.45) is 28.1 Å². The third kappa shape index (κ3) is 5.81. The number of carbonyl (C=O) groups excluding carboxylic acids is 3. The molecule has 43 heavy (non-hydrogen) atoms. The molecule has 1 aromatic carbocycles. The highest BCUT2D eigenvalue weighted by molar-refractivity contribution is 6.41. The molecule has 4 atom stereocenters. The summed E-state index contributed by atoms with van der Waals surface area (Å²) in [5.74, 6) is -3.77. The van der Waals surface area contributed by atoms with E-state index >= 15 is 4.79 Å². The fraction of sp³-hybridized carbons (Fsp3) is 0.486. The van der Waals surface area contributed by atoms with Crippen molar-refractivity contribution < 1.29 is 29.7 Å². The quantitative estimate of drug-likeness (QED) is 0.0667. The summed E-state index contributed by atoms with van der Waals surface area (Å²) in [4.78, 5) is 44.8. The Hall–Kier alpha value is -3.67. The molecule has 2 aliphatic rings. The number of hydrogen-bond acceptors (Lipinski definition) is 6. The number of benzene rings is 1. The highest BCUT2D eigenvalue weighted by Crippen LogP contribution is 2.66. The van der Waals surface area contributed by atoms with Crippen molar-refractivity contribution in [1.82, 2.24) is 0 Å². The molecule has 0 amide bonds. The van der Waals surface area contributed by atoms with Gasteiger partial charge in [0.05, 0.1) is 5.41 Å². The normalized spacial score (nSPS) is 26.3. The second-order valence-electron chi connectivity index (χ2n) is 13.9. The molecule has 6 nitrogen and oxygen atoms in total. The molecule has 0 unspecified atom stereocenters. The van der Waals surface area contributed by atoms with Crippen molar-refractivity contribution in [1.29, 1.82) is 0 Å². The molecular formula is C37H48O6. The van der Waals surface area contributed by atoms with E-state index in [2.05, 4.69) is 18.7 Å². The van der Waals surface area contributed by atoms with Gasteiger partial charge in [-0.1, -0.05) is 60.9 Å². The number of fused-ring (bicyclic) bond motifs is 2. The molecule has 2 aliphatic carbocycles. The van der Waals surface area contributed by atoms with Gasteiger partial charge in [0.2, 0.25) is 0 Å². The van der Waals surface area contributed by atoms with Crippen LogP contribution in [-0.4, -0.2) is 32.7 Å². The zero-order chi connectivity index (χ0) is 32.7. The van der Waals surface area contributed by atoms with Gasteiger partial charge in [-0.05, 0) is 110 Å². The van der Waals surface area contributed by atoms with Gasteiger partial charge >= 0.3 is 0 Å². The summed E-state index contributed by atoms with van der Waals surface area (Å²) >= 11 is 0. The first kappa shape index (κ1) is 33.8. The van der Waals surface area contributed by atoms with Crippen molar-refractivity contribution in [2.45, 2.75) is 88.0 Å². The van der Waals surface area contributed by atoms with Crippen molar-refractivity contribution >= 4 is 23.1 Å². The van der Waals surface area contributed by atoms with Crippen molar-refractivity contribution in [3.63, 3.8) is 0 Å². The van der Waals surface area contributed by atoms with Crippen LogP contribution in [0.2, 0.25) is 0 Å². The topological polar surface area (TPSA) is 112 Å². The number of aliphatic hydroxyl groups is 1. The fourth-order valence-corrected chi connectivity index (χ4v) is 6.92. The highest BCUT2D eigenvalue weighted by atomic mass is 16.3. The number of aliphatic hydroxyl groups excluding tert-OH is 1. The van der Waals surface area contributed by atoms with E-state index in [4.69, 9.17) is 0 Å². The number of hydrogen-bond donors (Lipinski definition) is 3. The van der Waals surface area contributed by atoms with Crippen molar-refractivity contribution in [3.8, 4) is 11.5 Å². The van der Waals surface area contributed by atoms with Crippen LogP contribution in [0.5, 0.6) is 11.5 Å². The predicted octanol–water partition coefficient (Wildman–Crippen LogP) is 8.37. The van der Waals surface area contributed by atoms with Gasteiger partial charge in [0, 0.05) is 5.56 Å². The maximum absolute atomic E-state index is 15.1. The van der Waals surface area contributed by atoms with Crippen LogP contribution < -0.4 is 0 Å². The molecule has 0 aromatic heterocycles. The zero-order valence-corrected chi connectivity index (χ0v) is 27.2. The van der Waals surface area contributed by atoms with Gasteiger partial charge in [0.15, 0.2) is 28.8 Å². The number of carbonyl (C=O) groups is 3. The van der Waals surface area contributed by atoms with Gasteiger partial charge in [-0.2, -0.15) is 0 Å². The van der Waals surface area contributed by atoms with Gasteiger partial charge in [-0.3, -0.25) is 14.4 Å². The maximum atomic E-state index is 15.1. The lowest BCUT2D eigenvalue weighted by Gasteiger charge is -2.60. The SMILES string of the molecule is C=C(C)[C@@H](CC=C(C)C)C[C@@]12C[C@@H](C=C(C)C)C(C)(C)[C@@](CC=C(C)C)(C(=O)/C(=C(\O)c3ccc(O)c(O)c3)C1=O)C2=O. The van der Waals surface area contributed by atoms with Crippen LogP contribution in [0.4, 0.5) is 0 Å². The average Bonchev–Trinajstić information content (AvgIpc) is 2.89. The minimum absolute atomic E-state index is 0.00610. The molecule has 2 saturated carbocycles. The third-order valence-electron chi connectivity index (χ3n) is 9.63. The minimum atomic E-state index is -1.63. The number of rotatable bonds is 9. The smallest absolute Gasteiger partial charge is 0.184 e. The first-order valence-electron chi connectivity index (χ1n) is 15.0. The van der Waals surface area contributed by atoms with Crippen LogP contribution in [-0.2, 0) is 14.4 Å². The molecule has 0 spiro atoms. The molecule has 0 saturated heterocycles. The monoisotopic (exact) mass is 588 g/mol. The summed E-state index contributed by atoms with van der Waals surface area (Å²) in [5.41, 5.74) is -0.643. The Morgan fingerprint density at radius 3 is 2.05 bits per heavy atom. The minimum Gasteiger partial charge on any atom is -0.506 e. The van der Waals surface area contributed by atoms with Gasteiger partial charge < -0.3 is 15.3 Å². The van der Waals surface area contributed by atoms with Crippen LogP contribution in [0, 0.1) is 28.1 Å². The van der Waals surface area contributed by atoms with E-state index in [-0.39, 0.29) is 42.4 Å². The van der Waals surface area contributed by atoms with Gasteiger partial charge in [-0.25, -0.2) is 0 Å². The first-order chi connectivity index (χ1) is 19.8. The Bertz CT molecular complexity index is 1470. The number of aromatic hydroxyl groups is 2. The Morgan fingerprint density at radius 2 is 1.53 bits per heavy atom. The van der Waals surface area contributed by atoms with E-state index in [0.717, 1.165) is 28.4 Å². The Labute approximate surface area is 256 Å². The molecule has 3 rings (SSSR count). The second kappa shape index (κ2) is 12.1. The van der Waals surface area contributed by atoms with Gasteiger partial charge in [-0.15, -0.1) is 0 Å². The molecule has 3 N–H and O–H groups in total. The summed E-state index contributed by atoms with van der Waals surface area (Å²) in [7, 11) is 0. The number of phenolic OH excluding ortho intramolecular Hbond substituents is 2. The lowest BCUT2D eigenvalue weighted by Crippen LogP contribution is -2.69. The van der Waals surface area contributed by atoms with Gasteiger partial charge in [0.25, 0.3) is 0 Å². The number of Topliss-reactive ketones (excluding diaryl/α,β-unsaturated/α-hetero) is 3. The van der Waals surface area contributed by atoms with Gasteiger partial charge in [0.1, 0.15) is 16.7 Å². The van der Waals surface area contributed by atoms with E-state index in [1.807, 2.05) is 68.4 Å². The van der Waals surface area contributed by atoms with E-state index < -0.39 is 50.6 Å². The van der Waals surface area contributed by atoms with Crippen molar-refractivity contribution in [3.05, 3.63) is 76.4 Å². The Kier molecular flexibility index (Phi) is 9.55. The third-order valence-corrected chi connectivity index (χ3v) is 9.63. The van der Waals surface area contributed by atoms with E-state index in [1.54, 1.807) is 0 Å². The van der Waals surface area contributed by atoms with Crippen molar-refractivity contribution in [2.75, 3.05) is 0 Å². The molecule has 232 valence electrons.